The quantitative estimate of drug-likeness (QED) is 0.146. The smallest absolute Gasteiger partial charge is 0.231 e. The van der Waals surface area contributed by atoms with Crippen molar-refractivity contribution in [3.63, 3.8) is 0 Å². The first-order valence-corrected chi connectivity index (χ1v) is 12.0. The van der Waals surface area contributed by atoms with Gasteiger partial charge in [0.05, 0.1) is 0 Å². The summed E-state index contributed by atoms with van der Waals surface area (Å²) >= 11 is 0. The molecule has 41 heavy (non-hydrogen) atoms. The minimum absolute atomic E-state index is 0. The number of phenols is 4. The molecule has 2 aliphatic heterocycles. The average Bonchev–Trinajstić information content (AvgIpc) is 3.67. The molecule has 0 radical (unpaired) electrons. The van der Waals surface area contributed by atoms with Crippen LogP contribution in [0.4, 0.5) is 0 Å². The Bertz CT molecular complexity index is 1610. The number of hydrogen-bond acceptors (Lipinski definition) is 10. The molecule has 0 atom stereocenters. The summed E-state index contributed by atoms with van der Waals surface area (Å²) in [6.07, 6.45) is 2.84. The first kappa shape index (κ1) is 28.1. The summed E-state index contributed by atoms with van der Waals surface area (Å²) in [6.45, 7) is 0.0860. The van der Waals surface area contributed by atoms with Gasteiger partial charge in [0.25, 0.3) is 0 Å². The van der Waals surface area contributed by atoms with Crippen molar-refractivity contribution >= 4 is 12.4 Å². The molecular formula is C29H20N2Ni2O8. The van der Waals surface area contributed by atoms with Gasteiger partial charge in [-0.2, -0.15) is 0 Å². The third-order valence-corrected chi connectivity index (χ3v) is 6.95. The predicted molar refractivity (Wildman–Crippen MR) is 140 cm³/mol. The largest absolute Gasteiger partial charge is 0.504 e. The predicted octanol–water partition coefficient (Wildman–Crippen LogP) is 4.38. The van der Waals surface area contributed by atoms with Crippen molar-refractivity contribution in [2.45, 2.75) is 5.66 Å². The Hall–Kier alpha value is -4.39. The molecule has 2 heterocycles. The van der Waals surface area contributed by atoms with Crippen LogP contribution in [0.2, 0.25) is 0 Å². The van der Waals surface area contributed by atoms with Crippen LogP contribution in [0, 0.1) is 0 Å². The third kappa shape index (κ3) is 4.22. The molecule has 10 nitrogen and oxygen atoms in total. The maximum absolute atomic E-state index is 10.5. The Balaban J connectivity index is 0.00000169. The number of hydrogen-bond donors (Lipinski definition) is 4. The summed E-state index contributed by atoms with van der Waals surface area (Å²) < 4.78 is 23.1. The van der Waals surface area contributed by atoms with E-state index < -0.39 is 5.66 Å². The minimum atomic E-state index is -1.46. The Morgan fingerprint density at radius 2 is 1.02 bits per heavy atom. The van der Waals surface area contributed by atoms with Crippen molar-refractivity contribution in [1.29, 1.82) is 0 Å². The fourth-order valence-electron chi connectivity index (χ4n) is 5.11. The SMILES string of the molecule is Oc1cccc(/C=N/C2(/N=C/c3cccc(O)c3O)c3ccc4c(c3-c3c2ccc2c3OCO2)OCO4)c1O.[Ni].[Ni]. The number of aromatic hydroxyl groups is 4. The van der Waals surface area contributed by atoms with E-state index in [0.717, 1.165) is 0 Å². The maximum atomic E-state index is 10.5. The number of rotatable bonds is 4. The molecule has 0 fully saturated rings. The number of ether oxygens (including phenoxy) is 4. The van der Waals surface area contributed by atoms with Gasteiger partial charge in [-0.15, -0.1) is 0 Å². The molecule has 4 aromatic carbocycles. The van der Waals surface area contributed by atoms with E-state index >= 15 is 0 Å². The molecule has 12 heteroatoms. The summed E-state index contributed by atoms with van der Waals surface area (Å²) in [7, 11) is 0. The zero-order chi connectivity index (χ0) is 26.7. The molecule has 0 bridgehead atoms. The summed E-state index contributed by atoms with van der Waals surface area (Å²) in [5.74, 6) is 0.866. The van der Waals surface area contributed by atoms with E-state index in [1.807, 2.05) is 12.1 Å². The van der Waals surface area contributed by atoms with Crippen molar-refractivity contribution in [3.05, 3.63) is 82.9 Å². The standard InChI is InChI=1S/C29H20N2O8.2Ni/c32-19-5-1-3-15(25(19)34)11-30-29(31-12-16-4-2-6-20(33)26(16)35)17-7-9-21-27(38-13-36-21)23(17)24-18(29)8-10-22-28(24)39-14-37-22;;/h1-12,32-35H,13-14H2;;/b30-11+,31-12+;;. The van der Waals surface area contributed by atoms with Gasteiger partial charge in [-0.1, -0.05) is 12.1 Å². The molecule has 0 saturated carbocycles. The zero-order valence-corrected chi connectivity index (χ0v) is 22.8. The topological polar surface area (TPSA) is 143 Å². The number of phenolic OH excluding ortho intramolecular Hbond substituents is 4. The van der Waals surface area contributed by atoms with Gasteiger partial charge >= 0.3 is 0 Å². The molecular weight excluding hydrogens is 622 g/mol. The van der Waals surface area contributed by atoms with Gasteiger partial charge in [-0.3, -0.25) is 9.98 Å². The Morgan fingerprint density at radius 3 is 1.46 bits per heavy atom. The monoisotopic (exact) mass is 640 g/mol. The van der Waals surface area contributed by atoms with Crippen LogP contribution >= 0.6 is 0 Å². The fourth-order valence-corrected chi connectivity index (χ4v) is 5.11. The van der Waals surface area contributed by atoms with E-state index in [9.17, 15) is 20.4 Å². The van der Waals surface area contributed by atoms with Crippen LogP contribution in [0.1, 0.15) is 22.3 Å². The fraction of sp³-hybridized carbons (Fsp3) is 0.103. The molecule has 0 unspecified atom stereocenters. The second-order valence-electron chi connectivity index (χ2n) is 9.06. The molecule has 0 amide bonds. The number of fused-ring (bicyclic) bond motifs is 7. The van der Waals surface area contributed by atoms with Gasteiger partial charge in [-0.05, 0) is 48.5 Å². The molecule has 214 valence electrons. The third-order valence-electron chi connectivity index (χ3n) is 6.95. The van der Waals surface area contributed by atoms with E-state index in [2.05, 4.69) is 0 Å². The van der Waals surface area contributed by atoms with Crippen molar-refractivity contribution in [2.75, 3.05) is 13.6 Å². The molecule has 3 aliphatic rings. The van der Waals surface area contributed by atoms with Crippen LogP contribution in [-0.2, 0) is 38.6 Å². The number of benzene rings is 4. The van der Waals surface area contributed by atoms with Crippen LogP contribution in [0.5, 0.6) is 46.0 Å². The van der Waals surface area contributed by atoms with Gasteiger partial charge in [-0.25, -0.2) is 0 Å². The van der Waals surface area contributed by atoms with Crippen LogP contribution < -0.4 is 18.9 Å². The van der Waals surface area contributed by atoms with E-state index in [4.69, 9.17) is 28.9 Å². The Morgan fingerprint density at radius 1 is 0.585 bits per heavy atom. The summed E-state index contributed by atoms with van der Waals surface area (Å²) in [6, 6.07) is 16.3. The van der Waals surface area contributed by atoms with Crippen molar-refractivity contribution in [3.8, 4) is 57.1 Å². The van der Waals surface area contributed by atoms with E-state index in [-0.39, 0.29) is 80.7 Å². The van der Waals surface area contributed by atoms with Crippen molar-refractivity contribution < 1.29 is 72.4 Å². The first-order valence-electron chi connectivity index (χ1n) is 12.0. The molecule has 4 aromatic rings. The maximum Gasteiger partial charge on any atom is 0.231 e. The molecule has 4 N–H and O–H groups in total. The van der Waals surface area contributed by atoms with Gasteiger partial charge in [0.15, 0.2) is 46.0 Å². The van der Waals surface area contributed by atoms with E-state index in [1.165, 1.54) is 24.6 Å². The van der Waals surface area contributed by atoms with Crippen LogP contribution in [-0.4, -0.2) is 46.4 Å². The van der Waals surface area contributed by atoms with Crippen LogP contribution in [0.25, 0.3) is 11.1 Å². The van der Waals surface area contributed by atoms with Crippen LogP contribution in [0.15, 0.2) is 70.6 Å². The Labute approximate surface area is 253 Å². The van der Waals surface area contributed by atoms with Crippen LogP contribution in [0.3, 0.4) is 0 Å². The summed E-state index contributed by atoms with van der Waals surface area (Å²) in [4.78, 5) is 9.79. The van der Waals surface area contributed by atoms with Gasteiger partial charge in [0, 0.05) is 78.8 Å². The Kier molecular flexibility index (Phi) is 7.24. The second kappa shape index (κ2) is 10.5. The van der Waals surface area contributed by atoms with Crippen molar-refractivity contribution in [1.82, 2.24) is 0 Å². The number of nitrogens with zero attached hydrogens (tertiary/aromatic N) is 2. The summed E-state index contributed by atoms with van der Waals surface area (Å²) in [5, 5.41) is 41.0. The molecule has 0 saturated heterocycles. The second-order valence-corrected chi connectivity index (χ2v) is 9.06. The van der Waals surface area contributed by atoms with E-state index in [1.54, 1.807) is 36.4 Å². The van der Waals surface area contributed by atoms with Gasteiger partial charge in [0.1, 0.15) is 0 Å². The normalized spacial score (nSPS) is 14.9. The molecule has 7 rings (SSSR count). The molecule has 0 spiro atoms. The minimum Gasteiger partial charge on any atom is -0.504 e. The van der Waals surface area contributed by atoms with Crippen molar-refractivity contribution in [2.24, 2.45) is 9.98 Å². The molecule has 0 aromatic heterocycles. The van der Waals surface area contributed by atoms with E-state index in [0.29, 0.717) is 45.3 Å². The average molecular weight is 642 g/mol. The van der Waals surface area contributed by atoms with Gasteiger partial charge < -0.3 is 39.4 Å². The zero-order valence-electron chi connectivity index (χ0n) is 20.8. The summed E-state index contributed by atoms with van der Waals surface area (Å²) in [5.41, 5.74) is 1.65. The molecule has 1 aliphatic carbocycles. The van der Waals surface area contributed by atoms with Gasteiger partial charge in [0.2, 0.25) is 19.2 Å². The number of para-hydroxylation sites is 2. The first-order chi connectivity index (χ1) is 19.0. The number of aliphatic imine (C=N–C) groups is 2.